The number of fused-ring (bicyclic) bond motifs is 3. The summed E-state index contributed by atoms with van der Waals surface area (Å²) in [4.78, 5) is 11.7. The Hall–Kier alpha value is -2.88. The molecular weight excluding hydrogens is 336 g/mol. The fourth-order valence-corrected chi connectivity index (χ4v) is 4.27. The van der Waals surface area contributed by atoms with Crippen LogP contribution in [0.15, 0.2) is 65.4 Å². The number of nitrogens with zero attached hydrogens (tertiary/aromatic N) is 2. The van der Waals surface area contributed by atoms with Gasteiger partial charge in [0.05, 0.1) is 18.9 Å². The zero-order chi connectivity index (χ0) is 19.0. The molecule has 0 bridgehead atoms. The summed E-state index contributed by atoms with van der Waals surface area (Å²) in [7, 11) is 1.70. The van der Waals surface area contributed by atoms with Gasteiger partial charge in [-0.05, 0) is 56.0 Å². The summed E-state index contributed by atoms with van der Waals surface area (Å²) in [6, 6.07) is 16.8. The molecule has 0 saturated carbocycles. The largest absolute Gasteiger partial charge is 0.497 e. The van der Waals surface area contributed by atoms with Gasteiger partial charge in [-0.2, -0.15) is 5.10 Å². The number of carbonyl (C=O) groups excluding carboxylic acids is 1. The summed E-state index contributed by atoms with van der Waals surface area (Å²) in [6.07, 6.45) is 3.71. The highest BCUT2D eigenvalue weighted by Gasteiger charge is 2.42. The van der Waals surface area contributed by atoms with Gasteiger partial charge in [0, 0.05) is 23.3 Å². The Bertz CT molecular complexity index is 931. The molecule has 2 aromatic carbocycles. The second-order valence-corrected chi connectivity index (χ2v) is 7.25. The lowest BCUT2D eigenvalue weighted by Crippen LogP contribution is -2.28. The molecule has 2 aromatic rings. The first-order valence-corrected chi connectivity index (χ1v) is 9.37. The molecular formula is C23H24N2O2. The second-order valence-electron chi connectivity index (χ2n) is 7.25. The highest BCUT2D eigenvalue weighted by atomic mass is 16.5. The minimum absolute atomic E-state index is 0.0412. The van der Waals surface area contributed by atoms with Gasteiger partial charge >= 0.3 is 0 Å². The van der Waals surface area contributed by atoms with E-state index in [1.807, 2.05) is 24.1 Å². The standard InChI is InChI=1S/C23H24N2O2/c1-15(13-16(2)26)25-23(17-7-5-4-6-8-17)21-11-9-18-14-19(27-3)10-12-20(18)22(21)24-25/h4-8,10,12-14,21,23H,9,11H2,1-3H3/t21-,23+/m1/s1. The van der Waals surface area contributed by atoms with Gasteiger partial charge in [0.2, 0.25) is 0 Å². The minimum atomic E-state index is 0.0412. The lowest BCUT2D eigenvalue weighted by Gasteiger charge is -2.31. The van der Waals surface area contributed by atoms with Crippen molar-refractivity contribution in [1.82, 2.24) is 5.01 Å². The summed E-state index contributed by atoms with van der Waals surface area (Å²) < 4.78 is 5.39. The van der Waals surface area contributed by atoms with E-state index in [9.17, 15) is 4.79 Å². The summed E-state index contributed by atoms with van der Waals surface area (Å²) in [5, 5.41) is 7.04. The van der Waals surface area contributed by atoms with Crippen LogP contribution in [0.3, 0.4) is 0 Å². The van der Waals surface area contributed by atoms with Crippen LogP contribution < -0.4 is 4.74 Å². The van der Waals surface area contributed by atoms with Gasteiger partial charge < -0.3 is 4.74 Å². The normalized spacial score (nSPS) is 21.4. The minimum Gasteiger partial charge on any atom is -0.497 e. The topological polar surface area (TPSA) is 41.9 Å². The number of hydrogen-bond acceptors (Lipinski definition) is 4. The first kappa shape index (κ1) is 17.5. The van der Waals surface area contributed by atoms with E-state index in [-0.39, 0.29) is 11.8 Å². The Balaban J connectivity index is 1.81. The maximum Gasteiger partial charge on any atom is 0.154 e. The van der Waals surface area contributed by atoms with Crippen LogP contribution >= 0.6 is 0 Å². The molecule has 2 aliphatic rings. The van der Waals surface area contributed by atoms with Crippen molar-refractivity contribution in [2.24, 2.45) is 11.0 Å². The average molecular weight is 360 g/mol. The van der Waals surface area contributed by atoms with Crippen LogP contribution in [-0.4, -0.2) is 23.6 Å². The third-order valence-electron chi connectivity index (χ3n) is 5.44. The van der Waals surface area contributed by atoms with Gasteiger partial charge in [-0.1, -0.05) is 30.3 Å². The molecule has 4 rings (SSSR count). The Morgan fingerprint density at radius 3 is 2.67 bits per heavy atom. The quantitative estimate of drug-likeness (QED) is 0.753. The number of hydrazone groups is 1. The Morgan fingerprint density at radius 2 is 1.96 bits per heavy atom. The van der Waals surface area contributed by atoms with Gasteiger partial charge in [0.15, 0.2) is 5.78 Å². The van der Waals surface area contributed by atoms with E-state index in [1.54, 1.807) is 20.1 Å². The van der Waals surface area contributed by atoms with Crippen molar-refractivity contribution in [2.75, 3.05) is 7.11 Å². The molecule has 138 valence electrons. The Kier molecular flexibility index (Phi) is 4.56. The van der Waals surface area contributed by atoms with Crippen LogP contribution in [0, 0.1) is 5.92 Å². The van der Waals surface area contributed by atoms with E-state index in [0.29, 0.717) is 5.92 Å². The third kappa shape index (κ3) is 3.16. The lowest BCUT2D eigenvalue weighted by atomic mass is 9.77. The molecule has 0 radical (unpaired) electrons. The van der Waals surface area contributed by atoms with Crippen LogP contribution in [0.25, 0.3) is 0 Å². The van der Waals surface area contributed by atoms with Crippen molar-refractivity contribution < 1.29 is 9.53 Å². The molecule has 0 unspecified atom stereocenters. The van der Waals surface area contributed by atoms with E-state index >= 15 is 0 Å². The molecule has 0 saturated heterocycles. The number of allylic oxidation sites excluding steroid dienone is 2. The lowest BCUT2D eigenvalue weighted by molar-refractivity contribution is -0.112. The van der Waals surface area contributed by atoms with Crippen molar-refractivity contribution in [3.63, 3.8) is 0 Å². The molecule has 1 aliphatic heterocycles. The summed E-state index contributed by atoms with van der Waals surface area (Å²) in [5.74, 6) is 1.23. The van der Waals surface area contributed by atoms with E-state index in [1.165, 1.54) is 16.7 Å². The molecule has 1 aliphatic carbocycles. The van der Waals surface area contributed by atoms with E-state index in [4.69, 9.17) is 9.84 Å². The summed E-state index contributed by atoms with van der Waals surface area (Å²) >= 11 is 0. The van der Waals surface area contributed by atoms with Crippen molar-refractivity contribution >= 4 is 11.5 Å². The van der Waals surface area contributed by atoms with Crippen molar-refractivity contribution in [3.8, 4) is 5.75 Å². The number of rotatable bonds is 4. The molecule has 4 heteroatoms. The third-order valence-corrected chi connectivity index (χ3v) is 5.44. The summed E-state index contributed by atoms with van der Waals surface area (Å²) in [6.45, 7) is 3.55. The maximum absolute atomic E-state index is 11.7. The smallest absolute Gasteiger partial charge is 0.154 e. The van der Waals surface area contributed by atoms with Gasteiger partial charge in [-0.15, -0.1) is 0 Å². The number of carbonyl (C=O) groups is 1. The number of ether oxygens (including phenoxy) is 1. The van der Waals surface area contributed by atoms with Gasteiger partial charge in [0.1, 0.15) is 5.75 Å². The Labute approximate surface area is 160 Å². The van der Waals surface area contributed by atoms with Crippen LogP contribution in [0.2, 0.25) is 0 Å². The zero-order valence-corrected chi connectivity index (χ0v) is 16.0. The summed E-state index contributed by atoms with van der Waals surface area (Å²) in [5.41, 5.74) is 5.71. The molecule has 0 aromatic heterocycles. The van der Waals surface area contributed by atoms with E-state index in [0.717, 1.165) is 30.0 Å². The first-order valence-electron chi connectivity index (χ1n) is 9.37. The van der Waals surface area contributed by atoms with Crippen LogP contribution in [0.5, 0.6) is 5.75 Å². The molecule has 0 N–H and O–H groups in total. The second kappa shape index (κ2) is 7.03. The number of ketones is 1. The average Bonchev–Trinajstić information content (AvgIpc) is 3.07. The van der Waals surface area contributed by atoms with E-state index in [2.05, 4.69) is 36.4 Å². The van der Waals surface area contributed by atoms with E-state index < -0.39 is 0 Å². The van der Waals surface area contributed by atoms with Gasteiger partial charge in [-0.25, -0.2) is 0 Å². The number of methoxy groups -OCH3 is 1. The molecule has 2 atom stereocenters. The monoisotopic (exact) mass is 360 g/mol. The zero-order valence-electron chi connectivity index (χ0n) is 16.0. The predicted octanol–water partition coefficient (Wildman–Crippen LogP) is 4.51. The number of hydrogen-bond donors (Lipinski definition) is 0. The van der Waals surface area contributed by atoms with Crippen molar-refractivity contribution in [3.05, 3.63) is 77.0 Å². The molecule has 27 heavy (non-hydrogen) atoms. The fourth-order valence-electron chi connectivity index (χ4n) is 4.27. The molecule has 0 spiro atoms. The van der Waals surface area contributed by atoms with Gasteiger partial charge in [-0.3, -0.25) is 9.80 Å². The highest BCUT2D eigenvalue weighted by molar-refractivity contribution is 6.06. The maximum atomic E-state index is 11.7. The predicted molar refractivity (Wildman–Crippen MR) is 107 cm³/mol. The van der Waals surface area contributed by atoms with Crippen molar-refractivity contribution in [1.29, 1.82) is 0 Å². The number of aryl methyl sites for hydroxylation is 1. The molecule has 0 amide bonds. The van der Waals surface area contributed by atoms with Gasteiger partial charge in [0.25, 0.3) is 0 Å². The van der Waals surface area contributed by atoms with Crippen molar-refractivity contribution in [2.45, 2.75) is 32.7 Å². The molecule has 0 fully saturated rings. The van der Waals surface area contributed by atoms with Crippen LogP contribution in [-0.2, 0) is 11.2 Å². The highest BCUT2D eigenvalue weighted by Crippen LogP contribution is 2.45. The van der Waals surface area contributed by atoms with Crippen LogP contribution in [0.1, 0.15) is 43.0 Å². The first-order chi connectivity index (χ1) is 13.1. The SMILES string of the molecule is COc1ccc2c(c1)CC[C@@H]1C2=NN(C(C)=CC(C)=O)[C@H]1c1ccccc1. The van der Waals surface area contributed by atoms with Crippen LogP contribution in [0.4, 0.5) is 0 Å². The Morgan fingerprint density at radius 1 is 1.19 bits per heavy atom. The molecule has 4 nitrogen and oxygen atoms in total. The molecule has 1 heterocycles. The number of benzene rings is 2. The fraction of sp³-hybridized carbons (Fsp3) is 0.304.